The molecule has 0 bridgehead atoms. The van der Waals surface area contributed by atoms with Crippen LogP contribution in [0.15, 0.2) is 0 Å². The molecule has 0 N–H and O–H groups in total. The van der Waals surface area contributed by atoms with Gasteiger partial charge in [0.25, 0.3) is 0 Å². The third-order valence-corrected chi connectivity index (χ3v) is 6.15. The van der Waals surface area contributed by atoms with Crippen molar-refractivity contribution in [3.63, 3.8) is 0 Å². The predicted molar refractivity (Wildman–Crippen MR) is 119 cm³/mol. The fourth-order valence-electron chi connectivity index (χ4n) is 4.34. The van der Waals surface area contributed by atoms with Crippen LogP contribution in [0.5, 0.6) is 0 Å². The summed E-state index contributed by atoms with van der Waals surface area (Å²) in [5.41, 5.74) is 0. The standard InChI is InChI=1S/C25H46O4/c1-3-5-6-7-8-9-10-11-12-13-14-15-18-21-29-25(27)23-20-17-16-19-22(23)24(26)28-4-2/h22-23H,3-21H2,1-2H3. The quantitative estimate of drug-likeness (QED) is 0.191. The van der Waals surface area contributed by atoms with Crippen LogP contribution in [0.3, 0.4) is 0 Å². The summed E-state index contributed by atoms with van der Waals surface area (Å²) in [6.45, 7) is 4.93. The van der Waals surface area contributed by atoms with Gasteiger partial charge in [-0.05, 0) is 26.2 Å². The van der Waals surface area contributed by atoms with Crippen molar-refractivity contribution in [2.75, 3.05) is 13.2 Å². The Morgan fingerprint density at radius 2 is 1.03 bits per heavy atom. The topological polar surface area (TPSA) is 52.6 Å². The van der Waals surface area contributed by atoms with Crippen molar-refractivity contribution in [3.05, 3.63) is 0 Å². The Morgan fingerprint density at radius 3 is 1.48 bits per heavy atom. The van der Waals surface area contributed by atoms with Crippen LogP contribution in [-0.4, -0.2) is 25.2 Å². The molecule has 0 heterocycles. The first-order valence-corrected chi connectivity index (χ1v) is 12.5. The number of hydrogen-bond donors (Lipinski definition) is 0. The molecule has 0 aromatic carbocycles. The average molecular weight is 411 g/mol. The van der Waals surface area contributed by atoms with Crippen LogP contribution in [0.1, 0.15) is 123 Å². The molecular formula is C25H46O4. The normalized spacial score (nSPS) is 19.1. The zero-order valence-electron chi connectivity index (χ0n) is 19.2. The van der Waals surface area contributed by atoms with Crippen LogP contribution < -0.4 is 0 Å². The number of esters is 2. The summed E-state index contributed by atoms with van der Waals surface area (Å²) in [7, 11) is 0. The molecule has 1 aliphatic carbocycles. The molecule has 0 saturated heterocycles. The summed E-state index contributed by atoms with van der Waals surface area (Å²) >= 11 is 0. The highest BCUT2D eigenvalue weighted by Gasteiger charge is 2.37. The second-order valence-corrected chi connectivity index (χ2v) is 8.66. The van der Waals surface area contributed by atoms with E-state index in [4.69, 9.17) is 9.47 Å². The van der Waals surface area contributed by atoms with E-state index in [1.165, 1.54) is 70.6 Å². The van der Waals surface area contributed by atoms with Crippen molar-refractivity contribution in [2.45, 2.75) is 123 Å². The van der Waals surface area contributed by atoms with Crippen molar-refractivity contribution in [3.8, 4) is 0 Å². The van der Waals surface area contributed by atoms with Gasteiger partial charge in [-0.15, -0.1) is 0 Å². The zero-order chi connectivity index (χ0) is 21.2. The third-order valence-electron chi connectivity index (χ3n) is 6.15. The Hall–Kier alpha value is -1.06. The van der Waals surface area contributed by atoms with Gasteiger partial charge in [-0.25, -0.2) is 0 Å². The smallest absolute Gasteiger partial charge is 0.309 e. The van der Waals surface area contributed by atoms with E-state index in [2.05, 4.69) is 6.92 Å². The largest absolute Gasteiger partial charge is 0.466 e. The van der Waals surface area contributed by atoms with Crippen LogP contribution >= 0.6 is 0 Å². The number of unbranched alkanes of at least 4 members (excludes halogenated alkanes) is 12. The van der Waals surface area contributed by atoms with E-state index in [1.54, 1.807) is 0 Å². The van der Waals surface area contributed by atoms with Crippen LogP contribution in [-0.2, 0) is 19.1 Å². The van der Waals surface area contributed by atoms with Gasteiger partial charge < -0.3 is 9.47 Å². The van der Waals surface area contributed by atoms with Crippen LogP contribution in [0, 0.1) is 11.8 Å². The Labute approximate surface area is 179 Å². The highest BCUT2D eigenvalue weighted by atomic mass is 16.5. The van der Waals surface area contributed by atoms with Gasteiger partial charge in [-0.1, -0.05) is 96.8 Å². The molecule has 4 heteroatoms. The minimum absolute atomic E-state index is 0.193. The van der Waals surface area contributed by atoms with E-state index in [0.717, 1.165) is 38.5 Å². The number of rotatable bonds is 17. The van der Waals surface area contributed by atoms with E-state index in [0.29, 0.717) is 13.2 Å². The molecular weight excluding hydrogens is 364 g/mol. The minimum atomic E-state index is -0.303. The van der Waals surface area contributed by atoms with Crippen molar-refractivity contribution < 1.29 is 19.1 Å². The molecule has 170 valence electrons. The first-order valence-electron chi connectivity index (χ1n) is 12.5. The lowest BCUT2D eigenvalue weighted by atomic mass is 9.79. The molecule has 1 rings (SSSR count). The van der Waals surface area contributed by atoms with Gasteiger partial charge in [0.2, 0.25) is 0 Å². The van der Waals surface area contributed by atoms with Gasteiger partial charge in [0.1, 0.15) is 0 Å². The molecule has 2 unspecified atom stereocenters. The van der Waals surface area contributed by atoms with Gasteiger partial charge in [-0.2, -0.15) is 0 Å². The molecule has 4 nitrogen and oxygen atoms in total. The highest BCUT2D eigenvalue weighted by molar-refractivity contribution is 5.82. The van der Waals surface area contributed by atoms with E-state index in [-0.39, 0.29) is 23.8 Å². The summed E-state index contributed by atoms with van der Waals surface area (Å²) in [6, 6.07) is 0. The van der Waals surface area contributed by atoms with E-state index in [9.17, 15) is 9.59 Å². The monoisotopic (exact) mass is 410 g/mol. The van der Waals surface area contributed by atoms with Crippen molar-refractivity contribution in [1.82, 2.24) is 0 Å². The summed E-state index contributed by atoms with van der Waals surface area (Å²) in [5.74, 6) is -1.02. The maximum atomic E-state index is 12.4. The Morgan fingerprint density at radius 1 is 0.621 bits per heavy atom. The minimum Gasteiger partial charge on any atom is -0.466 e. The van der Waals surface area contributed by atoms with Crippen molar-refractivity contribution in [1.29, 1.82) is 0 Å². The summed E-state index contributed by atoms with van der Waals surface area (Å²) in [5, 5.41) is 0. The van der Waals surface area contributed by atoms with Gasteiger partial charge in [0, 0.05) is 0 Å². The highest BCUT2D eigenvalue weighted by Crippen LogP contribution is 2.32. The van der Waals surface area contributed by atoms with Gasteiger partial charge in [-0.3, -0.25) is 9.59 Å². The molecule has 2 atom stereocenters. The SMILES string of the molecule is CCCCCCCCCCCCCCCOC(=O)C1CCCCC1C(=O)OCC. The Kier molecular flexibility index (Phi) is 15.9. The molecule has 1 aliphatic rings. The van der Waals surface area contributed by atoms with Gasteiger partial charge in [0.15, 0.2) is 0 Å². The maximum absolute atomic E-state index is 12.4. The van der Waals surface area contributed by atoms with Gasteiger partial charge in [0.05, 0.1) is 25.0 Å². The molecule has 1 fully saturated rings. The first kappa shape index (κ1) is 26.0. The molecule has 0 amide bonds. The fraction of sp³-hybridized carbons (Fsp3) is 0.920. The Balaban J connectivity index is 1.98. The molecule has 0 radical (unpaired) electrons. The second-order valence-electron chi connectivity index (χ2n) is 8.66. The fourth-order valence-corrected chi connectivity index (χ4v) is 4.34. The van der Waals surface area contributed by atoms with Crippen molar-refractivity contribution >= 4 is 11.9 Å². The third kappa shape index (κ3) is 12.3. The lowest BCUT2D eigenvalue weighted by molar-refractivity contribution is -0.162. The number of hydrogen-bond acceptors (Lipinski definition) is 4. The molecule has 0 aromatic heterocycles. The van der Waals surface area contributed by atoms with E-state index < -0.39 is 0 Å². The van der Waals surface area contributed by atoms with Crippen LogP contribution in [0.25, 0.3) is 0 Å². The second kappa shape index (κ2) is 17.8. The molecule has 29 heavy (non-hydrogen) atoms. The zero-order valence-corrected chi connectivity index (χ0v) is 19.2. The van der Waals surface area contributed by atoms with Crippen molar-refractivity contribution in [2.24, 2.45) is 11.8 Å². The lowest BCUT2D eigenvalue weighted by Crippen LogP contribution is -2.35. The molecule has 0 aliphatic heterocycles. The van der Waals surface area contributed by atoms with Crippen LogP contribution in [0.2, 0.25) is 0 Å². The summed E-state index contributed by atoms with van der Waals surface area (Å²) < 4.78 is 10.6. The summed E-state index contributed by atoms with van der Waals surface area (Å²) in [4.78, 5) is 24.5. The first-order chi connectivity index (χ1) is 14.2. The van der Waals surface area contributed by atoms with E-state index >= 15 is 0 Å². The number of ether oxygens (including phenoxy) is 2. The molecule has 0 spiro atoms. The summed E-state index contributed by atoms with van der Waals surface area (Å²) in [6.07, 6.45) is 20.5. The molecule has 1 saturated carbocycles. The molecule has 0 aromatic rings. The number of carbonyl (C=O) groups excluding carboxylic acids is 2. The van der Waals surface area contributed by atoms with Gasteiger partial charge >= 0.3 is 11.9 Å². The predicted octanol–water partition coefficient (Wildman–Crippen LogP) is 6.99. The Bertz CT molecular complexity index is 421. The van der Waals surface area contributed by atoms with Crippen LogP contribution in [0.4, 0.5) is 0 Å². The maximum Gasteiger partial charge on any atom is 0.309 e. The lowest BCUT2D eigenvalue weighted by Gasteiger charge is -2.28. The average Bonchev–Trinajstić information content (AvgIpc) is 2.74. The number of carbonyl (C=O) groups is 2. The van der Waals surface area contributed by atoms with E-state index in [1.807, 2.05) is 6.92 Å².